The summed E-state index contributed by atoms with van der Waals surface area (Å²) >= 11 is 0. The Balaban J connectivity index is 1.95. The molecule has 1 aromatic heterocycles. The van der Waals surface area contributed by atoms with Gasteiger partial charge in [-0.3, -0.25) is 9.59 Å². The van der Waals surface area contributed by atoms with Gasteiger partial charge < -0.3 is 14.4 Å². The maximum atomic E-state index is 13.3. The number of benzene rings is 2. The Hall–Kier alpha value is -2.92. The van der Waals surface area contributed by atoms with E-state index in [2.05, 4.69) is 13.8 Å². The van der Waals surface area contributed by atoms with E-state index in [0.29, 0.717) is 22.5 Å². The lowest BCUT2D eigenvalue weighted by molar-refractivity contribution is 0.0691. The van der Waals surface area contributed by atoms with Gasteiger partial charge in [0.25, 0.3) is 5.91 Å². The van der Waals surface area contributed by atoms with Crippen molar-refractivity contribution in [3.63, 3.8) is 0 Å². The second kappa shape index (κ2) is 6.91. The van der Waals surface area contributed by atoms with E-state index < -0.39 is 6.04 Å². The van der Waals surface area contributed by atoms with Crippen LogP contribution in [0.4, 0.5) is 0 Å². The van der Waals surface area contributed by atoms with Crippen molar-refractivity contribution in [3.05, 3.63) is 80.7 Å². The van der Waals surface area contributed by atoms with Crippen molar-refractivity contribution >= 4 is 16.9 Å². The van der Waals surface area contributed by atoms with E-state index in [4.69, 9.17) is 4.42 Å². The Bertz CT molecular complexity index is 1110. The van der Waals surface area contributed by atoms with Crippen LogP contribution in [0.15, 0.2) is 51.7 Å². The number of carbonyl (C=O) groups is 1. The fourth-order valence-corrected chi connectivity index (χ4v) is 3.88. The number of aliphatic hydroxyl groups excluding tert-OH is 1. The van der Waals surface area contributed by atoms with Crippen molar-refractivity contribution in [1.82, 2.24) is 4.90 Å². The third kappa shape index (κ3) is 2.83. The third-order valence-electron chi connectivity index (χ3n) is 5.38. The molecule has 5 nitrogen and oxygen atoms in total. The minimum atomic E-state index is -0.558. The first kappa shape index (κ1) is 18.4. The van der Waals surface area contributed by atoms with Crippen molar-refractivity contribution < 1.29 is 14.3 Å². The van der Waals surface area contributed by atoms with Gasteiger partial charge in [-0.15, -0.1) is 0 Å². The van der Waals surface area contributed by atoms with Crippen LogP contribution in [0.5, 0.6) is 0 Å². The second-order valence-electron chi connectivity index (χ2n) is 7.62. The van der Waals surface area contributed by atoms with Crippen LogP contribution >= 0.6 is 0 Å². The molecule has 144 valence electrons. The fraction of sp³-hybridized carbons (Fsp3) is 0.304. The van der Waals surface area contributed by atoms with Crippen molar-refractivity contribution in [1.29, 1.82) is 0 Å². The first-order valence-electron chi connectivity index (χ1n) is 9.51. The van der Waals surface area contributed by atoms with Crippen LogP contribution in [0.3, 0.4) is 0 Å². The lowest BCUT2D eigenvalue weighted by Gasteiger charge is -2.24. The van der Waals surface area contributed by atoms with Crippen molar-refractivity contribution in [2.24, 2.45) is 0 Å². The van der Waals surface area contributed by atoms with Crippen LogP contribution in [0.25, 0.3) is 11.0 Å². The molecule has 0 spiro atoms. The molecule has 1 atom stereocenters. The summed E-state index contributed by atoms with van der Waals surface area (Å²) in [6, 6.07) is 12.8. The number of amides is 1. The van der Waals surface area contributed by atoms with Crippen LogP contribution < -0.4 is 5.43 Å². The van der Waals surface area contributed by atoms with E-state index >= 15 is 0 Å². The summed E-state index contributed by atoms with van der Waals surface area (Å²) in [5, 5.41) is 9.97. The molecule has 0 aliphatic carbocycles. The molecular formula is C23H23NO4. The van der Waals surface area contributed by atoms with Crippen LogP contribution in [-0.4, -0.2) is 29.1 Å². The maximum Gasteiger partial charge on any atom is 0.290 e. The van der Waals surface area contributed by atoms with Crippen LogP contribution in [0.2, 0.25) is 0 Å². The minimum Gasteiger partial charge on any atom is -0.450 e. The van der Waals surface area contributed by atoms with Crippen LogP contribution in [0.1, 0.15) is 58.6 Å². The zero-order valence-corrected chi connectivity index (χ0v) is 16.2. The van der Waals surface area contributed by atoms with Gasteiger partial charge in [0.2, 0.25) is 5.76 Å². The van der Waals surface area contributed by atoms with Crippen molar-refractivity contribution in [3.8, 4) is 0 Å². The average molecular weight is 377 g/mol. The molecule has 0 fully saturated rings. The molecule has 2 heterocycles. The number of β-amino-alcohol motifs (C(OH)–C–C–N with tert-alkyl or cyclic N) is 1. The first-order chi connectivity index (χ1) is 13.4. The monoisotopic (exact) mass is 377 g/mol. The van der Waals surface area contributed by atoms with Gasteiger partial charge in [0.05, 0.1) is 23.6 Å². The number of carbonyl (C=O) groups excluding carboxylic acids is 1. The molecule has 0 radical (unpaired) electrons. The Labute approximate surface area is 163 Å². The van der Waals surface area contributed by atoms with Gasteiger partial charge in [-0.05, 0) is 36.1 Å². The lowest BCUT2D eigenvalue weighted by Crippen LogP contribution is -2.32. The Kier molecular flexibility index (Phi) is 4.55. The summed E-state index contributed by atoms with van der Waals surface area (Å²) in [6.45, 7) is 6.09. The maximum absolute atomic E-state index is 13.3. The summed E-state index contributed by atoms with van der Waals surface area (Å²) in [7, 11) is 0. The summed E-state index contributed by atoms with van der Waals surface area (Å²) in [4.78, 5) is 27.8. The highest BCUT2D eigenvalue weighted by molar-refractivity contribution is 5.99. The van der Waals surface area contributed by atoms with Gasteiger partial charge in [-0.1, -0.05) is 49.7 Å². The zero-order valence-electron chi connectivity index (χ0n) is 16.2. The molecule has 1 N–H and O–H groups in total. The number of aryl methyl sites for hydroxylation is 1. The van der Waals surface area contributed by atoms with Gasteiger partial charge in [0.1, 0.15) is 5.58 Å². The number of aliphatic hydroxyl groups is 1. The molecule has 2 aromatic carbocycles. The predicted octanol–water partition coefficient (Wildman–Crippen LogP) is 3.76. The standard InChI is InChI=1S/C23H23NO4/c1-13(2)15-5-7-16(8-6-15)20-19-21(26)17-12-14(3)4-9-18(17)28-22(19)23(27)24(20)10-11-25/h4-9,12-13,20,25H,10-11H2,1-3H3/t20-/m0/s1. The van der Waals surface area contributed by atoms with Crippen LogP contribution in [-0.2, 0) is 0 Å². The Morgan fingerprint density at radius 3 is 2.46 bits per heavy atom. The number of hydrogen-bond donors (Lipinski definition) is 1. The van der Waals surface area contributed by atoms with Gasteiger partial charge in [0.15, 0.2) is 5.43 Å². The highest BCUT2D eigenvalue weighted by atomic mass is 16.3. The third-order valence-corrected chi connectivity index (χ3v) is 5.38. The number of rotatable bonds is 4. The van der Waals surface area contributed by atoms with Gasteiger partial charge in [-0.25, -0.2) is 0 Å². The molecule has 0 saturated carbocycles. The molecule has 4 rings (SSSR count). The van der Waals surface area contributed by atoms with Gasteiger partial charge in [-0.2, -0.15) is 0 Å². The van der Waals surface area contributed by atoms with E-state index in [0.717, 1.165) is 11.1 Å². The molecule has 0 unspecified atom stereocenters. The largest absolute Gasteiger partial charge is 0.450 e. The molecule has 1 amide bonds. The average Bonchev–Trinajstić information content (AvgIpc) is 2.95. The summed E-state index contributed by atoms with van der Waals surface area (Å²) in [6.07, 6.45) is 0. The smallest absolute Gasteiger partial charge is 0.290 e. The van der Waals surface area contributed by atoms with E-state index in [1.807, 2.05) is 37.3 Å². The minimum absolute atomic E-state index is 0.0766. The van der Waals surface area contributed by atoms with E-state index in [9.17, 15) is 14.7 Å². The quantitative estimate of drug-likeness (QED) is 0.751. The molecule has 1 aliphatic heterocycles. The normalized spacial score (nSPS) is 16.2. The fourth-order valence-electron chi connectivity index (χ4n) is 3.88. The first-order valence-corrected chi connectivity index (χ1v) is 9.51. The molecular weight excluding hydrogens is 354 g/mol. The molecule has 1 aliphatic rings. The predicted molar refractivity (Wildman–Crippen MR) is 108 cm³/mol. The number of nitrogens with zero attached hydrogens (tertiary/aromatic N) is 1. The van der Waals surface area contributed by atoms with Crippen molar-refractivity contribution in [2.75, 3.05) is 13.2 Å². The SMILES string of the molecule is Cc1ccc2oc3c(c(=O)c2c1)[C@H](c1ccc(C(C)C)cc1)N(CCO)C3=O. The molecule has 28 heavy (non-hydrogen) atoms. The summed E-state index contributed by atoms with van der Waals surface area (Å²) < 4.78 is 5.87. The van der Waals surface area contributed by atoms with Crippen molar-refractivity contribution in [2.45, 2.75) is 32.7 Å². The van der Waals surface area contributed by atoms with Crippen LogP contribution in [0, 0.1) is 6.92 Å². The zero-order chi connectivity index (χ0) is 20.0. The topological polar surface area (TPSA) is 70.8 Å². The van der Waals surface area contributed by atoms with Gasteiger partial charge in [0, 0.05) is 6.54 Å². The second-order valence-corrected chi connectivity index (χ2v) is 7.62. The summed E-state index contributed by atoms with van der Waals surface area (Å²) in [5.41, 5.74) is 3.55. The van der Waals surface area contributed by atoms with E-state index in [1.165, 1.54) is 10.5 Å². The molecule has 0 saturated heterocycles. The number of hydrogen-bond acceptors (Lipinski definition) is 4. The molecule has 3 aromatic rings. The Morgan fingerprint density at radius 1 is 1.11 bits per heavy atom. The molecule has 0 bridgehead atoms. The number of fused-ring (bicyclic) bond motifs is 2. The van der Waals surface area contributed by atoms with Gasteiger partial charge >= 0.3 is 0 Å². The highest BCUT2D eigenvalue weighted by Crippen LogP contribution is 2.38. The van der Waals surface area contributed by atoms with E-state index in [-0.39, 0.29) is 30.2 Å². The lowest BCUT2D eigenvalue weighted by atomic mass is 9.95. The van der Waals surface area contributed by atoms with E-state index in [1.54, 1.807) is 12.1 Å². The molecule has 5 heteroatoms. The summed E-state index contributed by atoms with van der Waals surface area (Å²) in [5.74, 6) is 0.103. The highest BCUT2D eigenvalue weighted by Gasteiger charge is 2.42. The Morgan fingerprint density at radius 2 is 1.82 bits per heavy atom.